The molecule has 5 rings (SSSR count). The van der Waals surface area contributed by atoms with Crippen LogP contribution in [0.15, 0.2) is 40.8 Å². The predicted molar refractivity (Wildman–Crippen MR) is 123 cm³/mol. The number of thiazole rings is 1. The van der Waals surface area contributed by atoms with Crippen molar-refractivity contribution >= 4 is 43.6 Å². The second-order valence-electron chi connectivity index (χ2n) is 7.91. The molecule has 2 aromatic carbocycles. The summed E-state index contributed by atoms with van der Waals surface area (Å²) in [6, 6.07) is 11.5. The lowest BCUT2D eigenvalue weighted by atomic mass is 10.1. The Labute approximate surface area is 184 Å². The maximum Gasteiger partial charge on any atom is 0.295 e. The average Bonchev–Trinajstić information content (AvgIpc) is 3.52. The number of benzene rings is 2. The van der Waals surface area contributed by atoms with Gasteiger partial charge in [-0.2, -0.15) is 0 Å². The van der Waals surface area contributed by atoms with Crippen LogP contribution < -0.4 is 9.64 Å². The van der Waals surface area contributed by atoms with Crippen LogP contribution in [-0.4, -0.2) is 37.3 Å². The zero-order valence-electron chi connectivity index (χ0n) is 17.8. The number of aromatic nitrogens is 1. The van der Waals surface area contributed by atoms with Crippen LogP contribution in [0.2, 0.25) is 0 Å². The van der Waals surface area contributed by atoms with Gasteiger partial charge in [-0.15, -0.1) is 0 Å². The summed E-state index contributed by atoms with van der Waals surface area (Å²) in [5.41, 5.74) is 3.77. The minimum atomic E-state index is -0.219. The Kier molecular flexibility index (Phi) is 5.16. The molecule has 160 valence electrons. The molecule has 1 unspecified atom stereocenters. The van der Waals surface area contributed by atoms with Gasteiger partial charge in [0.15, 0.2) is 22.2 Å². The summed E-state index contributed by atoms with van der Waals surface area (Å²) in [6.07, 6.45) is 1.94. The topological polar surface area (TPSA) is 64.8 Å². The summed E-state index contributed by atoms with van der Waals surface area (Å²) in [4.78, 5) is 20.2. The standard InChI is InChI=1S/C24H24N2O4S/c1-14-9-10-15(2)22-20(14)25-24(31-22)26(13-17-7-5-11-29-17)23(27)19-12-16-6-4-8-18(28-3)21(16)30-19/h4,6,8-10,12,17H,5,7,11,13H2,1-3H3. The zero-order valence-corrected chi connectivity index (χ0v) is 18.6. The molecule has 2 aromatic heterocycles. The van der Waals surface area contributed by atoms with E-state index in [9.17, 15) is 4.79 Å². The summed E-state index contributed by atoms with van der Waals surface area (Å²) in [6.45, 7) is 5.29. The fourth-order valence-corrected chi connectivity index (χ4v) is 5.16. The van der Waals surface area contributed by atoms with E-state index in [0.29, 0.717) is 23.0 Å². The Morgan fingerprint density at radius 2 is 2.10 bits per heavy atom. The molecule has 0 aliphatic carbocycles. The van der Waals surface area contributed by atoms with Crippen LogP contribution in [0.4, 0.5) is 5.13 Å². The number of anilines is 1. The number of methoxy groups -OCH3 is 1. The lowest BCUT2D eigenvalue weighted by molar-refractivity contribution is 0.0896. The van der Waals surface area contributed by atoms with Gasteiger partial charge in [-0.25, -0.2) is 4.98 Å². The van der Waals surface area contributed by atoms with E-state index in [1.165, 1.54) is 11.3 Å². The Bertz CT molecular complexity index is 1230. The first-order valence-corrected chi connectivity index (χ1v) is 11.2. The molecule has 31 heavy (non-hydrogen) atoms. The highest BCUT2D eigenvalue weighted by atomic mass is 32.1. The van der Waals surface area contributed by atoms with Crippen LogP contribution in [0.3, 0.4) is 0 Å². The van der Waals surface area contributed by atoms with E-state index in [-0.39, 0.29) is 17.8 Å². The van der Waals surface area contributed by atoms with Gasteiger partial charge in [0.1, 0.15) is 0 Å². The van der Waals surface area contributed by atoms with E-state index < -0.39 is 0 Å². The number of hydrogen-bond donors (Lipinski definition) is 0. The first-order chi connectivity index (χ1) is 15.0. The third-order valence-corrected chi connectivity index (χ3v) is 6.97. The molecule has 1 aliphatic rings. The maximum atomic E-state index is 13.7. The molecule has 0 bridgehead atoms. The van der Waals surface area contributed by atoms with Crippen LogP contribution in [0.1, 0.15) is 34.5 Å². The van der Waals surface area contributed by atoms with Gasteiger partial charge < -0.3 is 13.9 Å². The minimum Gasteiger partial charge on any atom is -0.493 e. The molecular formula is C24H24N2O4S. The molecule has 1 fully saturated rings. The third-order valence-electron chi connectivity index (χ3n) is 5.76. The number of fused-ring (bicyclic) bond motifs is 2. The third kappa shape index (κ3) is 3.58. The Hall–Kier alpha value is -2.90. The average molecular weight is 437 g/mol. The maximum absolute atomic E-state index is 13.7. The Morgan fingerprint density at radius 1 is 1.26 bits per heavy atom. The van der Waals surface area contributed by atoms with Crippen LogP contribution in [-0.2, 0) is 4.74 Å². The molecule has 0 saturated carbocycles. The van der Waals surface area contributed by atoms with Gasteiger partial charge >= 0.3 is 0 Å². The van der Waals surface area contributed by atoms with Crippen molar-refractivity contribution in [1.82, 2.24) is 4.98 Å². The van der Waals surface area contributed by atoms with E-state index in [4.69, 9.17) is 18.9 Å². The van der Waals surface area contributed by atoms with Gasteiger partial charge in [0.05, 0.1) is 30.0 Å². The monoisotopic (exact) mass is 436 g/mol. The molecule has 1 aliphatic heterocycles. The van der Waals surface area contributed by atoms with E-state index in [1.54, 1.807) is 18.1 Å². The number of furan rings is 1. The first kappa shape index (κ1) is 20.0. The number of rotatable bonds is 5. The lowest BCUT2D eigenvalue weighted by Gasteiger charge is -2.22. The van der Waals surface area contributed by atoms with Gasteiger partial charge in [-0.1, -0.05) is 35.6 Å². The summed E-state index contributed by atoms with van der Waals surface area (Å²) >= 11 is 1.54. The molecule has 4 aromatic rings. The number of hydrogen-bond acceptors (Lipinski definition) is 6. The van der Waals surface area contributed by atoms with Crippen molar-refractivity contribution in [2.24, 2.45) is 0 Å². The number of carbonyl (C=O) groups is 1. The summed E-state index contributed by atoms with van der Waals surface area (Å²) in [5.74, 6) is 0.654. The highest BCUT2D eigenvalue weighted by molar-refractivity contribution is 7.22. The van der Waals surface area contributed by atoms with Crippen molar-refractivity contribution in [2.75, 3.05) is 25.2 Å². The first-order valence-electron chi connectivity index (χ1n) is 10.4. The van der Waals surface area contributed by atoms with Crippen LogP contribution in [0, 0.1) is 13.8 Å². The molecule has 1 atom stereocenters. The number of carbonyl (C=O) groups excluding carboxylic acids is 1. The molecule has 0 N–H and O–H groups in total. The zero-order chi connectivity index (χ0) is 21.5. The summed E-state index contributed by atoms with van der Waals surface area (Å²) in [7, 11) is 1.59. The van der Waals surface area contributed by atoms with E-state index in [1.807, 2.05) is 25.1 Å². The normalized spacial score (nSPS) is 16.3. The Morgan fingerprint density at radius 3 is 2.84 bits per heavy atom. The van der Waals surface area contributed by atoms with Gasteiger partial charge in [-0.05, 0) is 49.9 Å². The minimum absolute atomic E-state index is 0.00271. The fraction of sp³-hybridized carbons (Fsp3) is 0.333. The number of ether oxygens (including phenoxy) is 2. The van der Waals surface area contributed by atoms with E-state index in [0.717, 1.165) is 46.2 Å². The molecule has 1 saturated heterocycles. The van der Waals surface area contributed by atoms with Crippen molar-refractivity contribution < 1.29 is 18.7 Å². The van der Waals surface area contributed by atoms with Crippen molar-refractivity contribution in [1.29, 1.82) is 0 Å². The largest absolute Gasteiger partial charge is 0.493 e. The van der Waals surface area contributed by atoms with Gasteiger partial charge in [-0.3, -0.25) is 9.69 Å². The molecule has 6 nitrogen and oxygen atoms in total. The van der Waals surface area contributed by atoms with Gasteiger partial charge in [0.25, 0.3) is 5.91 Å². The van der Waals surface area contributed by atoms with E-state index >= 15 is 0 Å². The highest BCUT2D eigenvalue weighted by Gasteiger charge is 2.29. The highest BCUT2D eigenvalue weighted by Crippen LogP contribution is 2.35. The van der Waals surface area contributed by atoms with Crippen LogP contribution in [0.25, 0.3) is 21.2 Å². The van der Waals surface area contributed by atoms with E-state index in [2.05, 4.69) is 19.1 Å². The smallest absolute Gasteiger partial charge is 0.295 e. The van der Waals surface area contributed by atoms with Crippen molar-refractivity contribution in [3.63, 3.8) is 0 Å². The molecule has 0 spiro atoms. The molecular weight excluding hydrogens is 412 g/mol. The lowest BCUT2D eigenvalue weighted by Crippen LogP contribution is -2.37. The summed E-state index contributed by atoms with van der Waals surface area (Å²) < 4.78 is 18.3. The molecule has 0 radical (unpaired) electrons. The Balaban J connectivity index is 1.58. The fourth-order valence-electron chi connectivity index (χ4n) is 4.04. The number of para-hydroxylation sites is 1. The predicted octanol–water partition coefficient (Wildman–Crippen LogP) is 5.49. The van der Waals surface area contributed by atoms with Crippen LogP contribution in [0.5, 0.6) is 5.75 Å². The number of amides is 1. The van der Waals surface area contributed by atoms with Gasteiger partial charge in [0.2, 0.25) is 0 Å². The number of aryl methyl sites for hydroxylation is 2. The van der Waals surface area contributed by atoms with Crippen LogP contribution >= 0.6 is 11.3 Å². The second-order valence-corrected chi connectivity index (χ2v) is 8.89. The van der Waals surface area contributed by atoms with Crippen molar-refractivity contribution in [3.05, 3.63) is 53.3 Å². The van der Waals surface area contributed by atoms with Crippen molar-refractivity contribution in [3.8, 4) is 5.75 Å². The molecule has 1 amide bonds. The quantitative estimate of drug-likeness (QED) is 0.414. The SMILES string of the molecule is COc1cccc2cc(C(=O)N(CC3CCCO3)c3nc4c(C)ccc(C)c4s3)oc12. The number of nitrogens with zero attached hydrogens (tertiary/aromatic N) is 2. The summed E-state index contributed by atoms with van der Waals surface area (Å²) in [5, 5.41) is 1.50. The van der Waals surface area contributed by atoms with Crippen molar-refractivity contribution in [2.45, 2.75) is 32.8 Å². The van der Waals surface area contributed by atoms with Gasteiger partial charge in [0, 0.05) is 12.0 Å². The second kappa shape index (κ2) is 7.98. The molecule has 7 heteroatoms. The molecule has 3 heterocycles.